The minimum atomic E-state index is -0.0852. The Bertz CT molecular complexity index is 234. The minimum absolute atomic E-state index is 0.00258. The van der Waals surface area contributed by atoms with Crippen LogP contribution < -0.4 is 0 Å². The van der Waals surface area contributed by atoms with E-state index in [0.717, 1.165) is 13.1 Å². The largest absolute Gasteiger partial charge is 0.462 e. The summed E-state index contributed by atoms with van der Waals surface area (Å²) in [4.78, 5) is 13.8. The Morgan fingerprint density at radius 3 is 2.44 bits per heavy atom. The van der Waals surface area contributed by atoms with E-state index in [4.69, 9.17) is 4.74 Å². The van der Waals surface area contributed by atoms with Crippen molar-refractivity contribution >= 4 is 5.97 Å². The third-order valence-corrected chi connectivity index (χ3v) is 3.74. The second-order valence-electron chi connectivity index (χ2n) is 5.21. The molecule has 1 heterocycles. The van der Waals surface area contributed by atoms with Gasteiger partial charge in [0.25, 0.3) is 0 Å². The first-order valence-corrected chi connectivity index (χ1v) is 6.43. The zero-order chi connectivity index (χ0) is 12.2. The molecule has 16 heavy (non-hydrogen) atoms. The van der Waals surface area contributed by atoms with Crippen LogP contribution in [0.1, 0.15) is 47.0 Å². The Kier molecular flexibility index (Phi) is 4.78. The highest BCUT2D eigenvalue weighted by molar-refractivity contribution is 5.71. The molecule has 0 bridgehead atoms. The van der Waals surface area contributed by atoms with E-state index in [1.807, 2.05) is 13.8 Å². The smallest absolute Gasteiger partial charge is 0.320 e. The van der Waals surface area contributed by atoms with Crippen LogP contribution in [-0.2, 0) is 9.53 Å². The van der Waals surface area contributed by atoms with Crippen LogP contribution >= 0.6 is 0 Å². The van der Waals surface area contributed by atoms with Crippen molar-refractivity contribution in [3.05, 3.63) is 0 Å². The van der Waals surface area contributed by atoms with E-state index in [-0.39, 0.29) is 12.1 Å². The van der Waals surface area contributed by atoms with Gasteiger partial charge in [0.1, 0.15) is 0 Å². The summed E-state index contributed by atoms with van der Waals surface area (Å²) in [5.74, 6) is -0.0852. The van der Waals surface area contributed by atoms with Gasteiger partial charge in [-0.1, -0.05) is 13.8 Å². The highest BCUT2D eigenvalue weighted by Crippen LogP contribution is 2.36. The molecule has 0 radical (unpaired) electrons. The van der Waals surface area contributed by atoms with Crippen molar-refractivity contribution in [1.82, 2.24) is 4.90 Å². The van der Waals surface area contributed by atoms with Crippen LogP contribution in [0.2, 0.25) is 0 Å². The molecule has 0 atom stereocenters. The first-order chi connectivity index (χ1) is 7.51. The monoisotopic (exact) mass is 227 g/mol. The predicted molar refractivity (Wildman–Crippen MR) is 65.3 cm³/mol. The molecule has 94 valence electrons. The molecule has 1 rings (SSSR count). The van der Waals surface area contributed by atoms with Gasteiger partial charge < -0.3 is 4.74 Å². The van der Waals surface area contributed by atoms with Crippen LogP contribution in [0, 0.1) is 5.41 Å². The van der Waals surface area contributed by atoms with Gasteiger partial charge in [0.15, 0.2) is 0 Å². The number of nitrogens with zero attached hydrogens (tertiary/aromatic N) is 1. The standard InChI is InChI=1S/C13H25NO2/c1-5-13(6-2)7-8-14(10-13)9-12(15)16-11(3)4/h11H,5-10H2,1-4H3. The summed E-state index contributed by atoms with van der Waals surface area (Å²) in [7, 11) is 0. The van der Waals surface area contributed by atoms with Gasteiger partial charge in [-0.3, -0.25) is 9.69 Å². The summed E-state index contributed by atoms with van der Waals surface area (Å²) in [6, 6.07) is 0. The Labute approximate surface area is 99.1 Å². The third kappa shape index (κ3) is 3.48. The van der Waals surface area contributed by atoms with Gasteiger partial charge >= 0.3 is 5.97 Å². The summed E-state index contributed by atoms with van der Waals surface area (Å²) in [5.41, 5.74) is 0.443. The normalized spacial score (nSPS) is 20.3. The molecule has 0 unspecified atom stereocenters. The molecule has 0 aromatic heterocycles. The lowest BCUT2D eigenvalue weighted by atomic mass is 9.82. The molecule has 0 saturated carbocycles. The Balaban J connectivity index is 2.39. The molecule has 1 saturated heterocycles. The Morgan fingerprint density at radius 2 is 2.00 bits per heavy atom. The zero-order valence-corrected chi connectivity index (χ0v) is 11.1. The average molecular weight is 227 g/mol. The van der Waals surface area contributed by atoms with Crippen molar-refractivity contribution in [1.29, 1.82) is 0 Å². The highest BCUT2D eigenvalue weighted by atomic mass is 16.5. The fourth-order valence-corrected chi connectivity index (χ4v) is 2.47. The summed E-state index contributed by atoms with van der Waals surface area (Å²) in [6.07, 6.45) is 3.63. The average Bonchev–Trinajstić information content (AvgIpc) is 2.61. The molecule has 0 aliphatic carbocycles. The van der Waals surface area contributed by atoms with Crippen LogP contribution in [0.15, 0.2) is 0 Å². The lowest BCUT2D eigenvalue weighted by molar-refractivity contribution is -0.148. The van der Waals surface area contributed by atoms with Gasteiger partial charge in [-0.25, -0.2) is 0 Å². The SMILES string of the molecule is CCC1(CC)CCN(CC(=O)OC(C)C)C1. The second-order valence-corrected chi connectivity index (χ2v) is 5.21. The molecule has 0 aromatic carbocycles. The van der Waals surface area contributed by atoms with Crippen molar-refractivity contribution in [2.24, 2.45) is 5.41 Å². The van der Waals surface area contributed by atoms with E-state index >= 15 is 0 Å². The number of rotatable bonds is 5. The minimum Gasteiger partial charge on any atom is -0.462 e. The summed E-state index contributed by atoms with van der Waals surface area (Å²) < 4.78 is 5.17. The maximum atomic E-state index is 11.5. The van der Waals surface area contributed by atoms with Crippen LogP contribution in [0.25, 0.3) is 0 Å². The van der Waals surface area contributed by atoms with Gasteiger partial charge in [-0.15, -0.1) is 0 Å². The summed E-state index contributed by atoms with van der Waals surface area (Å²) >= 11 is 0. The van der Waals surface area contributed by atoms with Crippen molar-refractivity contribution in [2.75, 3.05) is 19.6 Å². The topological polar surface area (TPSA) is 29.5 Å². The fourth-order valence-electron chi connectivity index (χ4n) is 2.47. The van der Waals surface area contributed by atoms with E-state index in [1.54, 1.807) is 0 Å². The van der Waals surface area contributed by atoms with E-state index in [2.05, 4.69) is 18.7 Å². The van der Waals surface area contributed by atoms with Gasteiger partial charge in [0, 0.05) is 6.54 Å². The van der Waals surface area contributed by atoms with Crippen molar-refractivity contribution in [2.45, 2.75) is 53.1 Å². The predicted octanol–water partition coefficient (Wildman–Crippen LogP) is 2.45. The fraction of sp³-hybridized carbons (Fsp3) is 0.923. The molecule has 0 aromatic rings. The first kappa shape index (κ1) is 13.5. The third-order valence-electron chi connectivity index (χ3n) is 3.74. The number of hydrogen-bond acceptors (Lipinski definition) is 3. The van der Waals surface area contributed by atoms with Gasteiger partial charge in [0.05, 0.1) is 12.6 Å². The number of carbonyl (C=O) groups excluding carboxylic acids is 1. The van der Waals surface area contributed by atoms with Crippen molar-refractivity contribution in [3.63, 3.8) is 0 Å². The number of likely N-dealkylation sites (tertiary alicyclic amines) is 1. The molecule has 1 aliphatic heterocycles. The molecule has 0 N–H and O–H groups in total. The molecule has 1 aliphatic rings. The Morgan fingerprint density at radius 1 is 1.38 bits per heavy atom. The maximum Gasteiger partial charge on any atom is 0.320 e. The van der Waals surface area contributed by atoms with E-state index in [0.29, 0.717) is 12.0 Å². The zero-order valence-electron chi connectivity index (χ0n) is 11.1. The van der Waals surface area contributed by atoms with E-state index in [9.17, 15) is 4.79 Å². The van der Waals surface area contributed by atoms with E-state index in [1.165, 1.54) is 19.3 Å². The van der Waals surface area contributed by atoms with Gasteiger partial charge in [0.2, 0.25) is 0 Å². The number of carbonyl (C=O) groups is 1. The van der Waals surface area contributed by atoms with Crippen molar-refractivity contribution < 1.29 is 9.53 Å². The number of ether oxygens (including phenoxy) is 1. The molecular weight excluding hydrogens is 202 g/mol. The molecule has 3 heteroatoms. The quantitative estimate of drug-likeness (QED) is 0.676. The van der Waals surface area contributed by atoms with Gasteiger partial charge in [-0.05, 0) is 45.1 Å². The number of esters is 1. The molecule has 3 nitrogen and oxygen atoms in total. The highest BCUT2D eigenvalue weighted by Gasteiger charge is 2.35. The lowest BCUT2D eigenvalue weighted by Crippen LogP contribution is -2.32. The van der Waals surface area contributed by atoms with Crippen molar-refractivity contribution in [3.8, 4) is 0 Å². The maximum absolute atomic E-state index is 11.5. The molecule has 1 fully saturated rings. The lowest BCUT2D eigenvalue weighted by Gasteiger charge is -2.26. The van der Waals surface area contributed by atoms with Crippen LogP contribution in [0.3, 0.4) is 0 Å². The Hall–Kier alpha value is -0.570. The molecule has 0 spiro atoms. The number of hydrogen-bond donors (Lipinski definition) is 0. The molecule has 0 amide bonds. The van der Waals surface area contributed by atoms with Crippen LogP contribution in [-0.4, -0.2) is 36.6 Å². The summed E-state index contributed by atoms with van der Waals surface area (Å²) in [5, 5.41) is 0. The van der Waals surface area contributed by atoms with Gasteiger partial charge in [-0.2, -0.15) is 0 Å². The van der Waals surface area contributed by atoms with E-state index < -0.39 is 0 Å². The van der Waals surface area contributed by atoms with Crippen LogP contribution in [0.4, 0.5) is 0 Å². The first-order valence-electron chi connectivity index (χ1n) is 6.43. The summed E-state index contributed by atoms with van der Waals surface area (Å²) in [6.45, 7) is 10.8. The molecular formula is C13H25NO2. The van der Waals surface area contributed by atoms with Crippen LogP contribution in [0.5, 0.6) is 0 Å². The second kappa shape index (κ2) is 5.67.